The molecule has 1 aliphatic carbocycles. The molecule has 0 saturated heterocycles. The molecule has 1 aliphatic rings. The molecule has 2 rings (SSSR count). The summed E-state index contributed by atoms with van der Waals surface area (Å²) in [5, 5.41) is 0. The first kappa shape index (κ1) is 11.7. The summed E-state index contributed by atoms with van der Waals surface area (Å²) in [5.41, 5.74) is 9.33. The van der Waals surface area contributed by atoms with Crippen LogP contribution < -0.4 is 5.73 Å². The zero-order valence-electron chi connectivity index (χ0n) is 10.3. The standard InChI is InChI=1S/C15H23N/c1-2-3-4-9-14-13-8-6-5-7-12(13)10-11-15(14)16/h5-8,14-15H,2-4,9-11,16H2,1H3. The summed E-state index contributed by atoms with van der Waals surface area (Å²) in [6.07, 6.45) is 7.56. The molecule has 1 aromatic rings. The van der Waals surface area contributed by atoms with Crippen LogP contribution in [0.5, 0.6) is 0 Å². The number of fused-ring (bicyclic) bond motifs is 1. The van der Waals surface area contributed by atoms with E-state index < -0.39 is 0 Å². The second-order valence-corrected chi connectivity index (χ2v) is 5.00. The highest BCUT2D eigenvalue weighted by atomic mass is 14.7. The van der Waals surface area contributed by atoms with E-state index in [2.05, 4.69) is 31.2 Å². The molecule has 1 heteroatoms. The van der Waals surface area contributed by atoms with Crippen molar-refractivity contribution in [2.75, 3.05) is 0 Å². The predicted octanol–water partition coefficient (Wildman–Crippen LogP) is 3.62. The highest BCUT2D eigenvalue weighted by Crippen LogP contribution is 2.34. The van der Waals surface area contributed by atoms with Gasteiger partial charge in [0.05, 0.1) is 0 Å². The Labute approximate surface area is 99.0 Å². The normalized spacial score (nSPS) is 24.1. The average molecular weight is 217 g/mol. The number of aryl methyl sites for hydroxylation is 1. The lowest BCUT2D eigenvalue weighted by Crippen LogP contribution is -2.33. The summed E-state index contributed by atoms with van der Waals surface area (Å²) in [7, 11) is 0. The van der Waals surface area contributed by atoms with Gasteiger partial charge in [-0.3, -0.25) is 0 Å². The maximum atomic E-state index is 6.28. The van der Waals surface area contributed by atoms with Gasteiger partial charge in [-0.15, -0.1) is 0 Å². The lowest BCUT2D eigenvalue weighted by atomic mass is 9.77. The van der Waals surface area contributed by atoms with E-state index in [1.165, 1.54) is 43.2 Å². The van der Waals surface area contributed by atoms with Crippen LogP contribution in [0.4, 0.5) is 0 Å². The van der Waals surface area contributed by atoms with Crippen molar-refractivity contribution >= 4 is 0 Å². The van der Waals surface area contributed by atoms with Crippen LogP contribution in [0.15, 0.2) is 24.3 Å². The highest BCUT2D eigenvalue weighted by molar-refractivity contribution is 5.34. The van der Waals surface area contributed by atoms with E-state index >= 15 is 0 Å². The highest BCUT2D eigenvalue weighted by Gasteiger charge is 2.25. The van der Waals surface area contributed by atoms with Crippen molar-refractivity contribution in [2.45, 2.75) is 57.4 Å². The number of hydrogen-bond acceptors (Lipinski definition) is 1. The average Bonchev–Trinajstić information content (AvgIpc) is 2.32. The second kappa shape index (κ2) is 5.49. The minimum atomic E-state index is 0.381. The third-order valence-corrected chi connectivity index (χ3v) is 3.84. The van der Waals surface area contributed by atoms with Crippen molar-refractivity contribution in [1.82, 2.24) is 0 Å². The van der Waals surface area contributed by atoms with E-state index in [1.54, 1.807) is 0 Å². The Hall–Kier alpha value is -0.820. The maximum absolute atomic E-state index is 6.28. The van der Waals surface area contributed by atoms with Crippen LogP contribution in [0.1, 0.15) is 56.1 Å². The van der Waals surface area contributed by atoms with Gasteiger partial charge in [0.2, 0.25) is 0 Å². The quantitative estimate of drug-likeness (QED) is 0.766. The van der Waals surface area contributed by atoms with Crippen LogP contribution >= 0.6 is 0 Å². The van der Waals surface area contributed by atoms with E-state index in [-0.39, 0.29) is 0 Å². The summed E-state index contributed by atoms with van der Waals surface area (Å²) in [6, 6.07) is 9.24. The summed E-state index contributed by atoms with van der Waals surface area (Å²) >= 11 is 0. The van der Waals surface area contributed by atoms with Gasteiger partial charge in [0.1, 0.15) is 0 Å². The Bertz CT molecular complexity index is 332. The van der Waals surface area contributed by atoms with Crippen LogP contribution in [0, 0.1) is 0 Å². The molecule has 0 saturated carbocycles. The van der Waals surface area contributed by atoms with Crippen LogP contribution in [-0.4, -0.2) is 6.04 Å². The molecular weight excluding hydrogens is 194 g/mol. The van der Waals surface area contributed by atoms with Gasteiger partial charge in [-0.2, -0.15) is 0 Å². The van der Waals surface area contributed by atoms with Gasteiger partial charge in [-0.05, 0) is 36.3 Å². The monoisotopic (exact) mass is 217 g/mol. The molecule has 1 nitrogen and oxygen atoms in total. The predicted molar refractivity (Wildman–Crippen MR) is 69.6 cm³/mol. The van der Waals surface area contributed by atoms with E-state index in [4.69, 9.17) is 5.73 Å². The molecule has 0 bridgehead atoms. The molecule has 2 atom stereocenters. The van der Waals surface area contributed by atoms with Crippen LogP contribution in [0.25, 0.3) is 0 Å². The molecule has 2 unspecified atom stereocenters. The summed E-state index contributed by atoms with van der Waals surface area (Å²) < 4.78 is 0. The minimum Gasteiger partial charge on any atom is -0.327 e. The number of unbranched alkanes of at least 4 members (excludes halogenated alkanes) is 2. The van der Waals surface area contributed by atoms with E-state index in [0.717, 1.165) is 6.42 Å². The Kier molecular flexibility index (Phi) is 4.00. The van der Waals surface area contributed by atoms with Gasteiger partial charge in [0.15, 0.2) is 0 Å². The Balaban J connectivity index is 2.10. The van der Waals surface area contributed by atoms with Gasteiger partial charge >= 0.3 is 0 Å². The third-order valence-electron chi connectivity index (χ3n) is 3.84. The van der Waals surface area contributed by atoms with Gasteiger partial charge in [-0.1, -0.05) is 50.5 Å². The molecule has 0 aromatic heterocycles. The summed E-state index contributed by atoms with van der Waals surface area (Å²) in [5.74, 6) is 0.608. The van der Waals surface area contributed by atoms with Gasteiger partial charge in [-0.25, -0.2) is 0 Å². The lowest BCUT2D eigenvalue weighted by molar-refractivity contribution is 0.431. The molecule has 2 N–H and O–H groups in total. The number of nitrogens with two attached hydrogens (primary N) is 1. The second-order valence-electron chi connectivity index (χ2n) is 5.00. The van der Waals surface area contributed by atoms with Crippen molar-refractivity contribution in [1.29, 1.82) is 0 Å². The van der Waals surface area contributed by atoms with Gasteiger partial charge < -0.3 is 5.73 Å². The first-order valence-corrected chi connectivity index (χ1v) is 6.66. The van der Waals surface area contributed by atoms with Gasteiger partial charge in [0, 0.05) is 6.04 Å². The van der Waals surface area contributed by atoms with Crippen molar-refractivity contribution < 1.29 is 0 Å². The minimum absolute atomic E-state index is 0.381. The van der Waals surface area contributed by atoms with Crippen molar-refractivity contribution in [3.63, 3.8) is 0 Å². The molecule has 0 amide bonds. The molecule has 0 radical (unpaired) electrons. The smallest absolute Gasteiger partial charge is 0.0111 e. The topological polar surface area (TPSA) is 26.0 Å². The van der Waals surface area contributed by atoms with E-state index in [0.29, 0.717) is 12.0 Å². The molecule has 0 aliphatic heterocycles. The lowest BCUT2D eigenvalue weighted by Gasteiger charge is -2.31. The van der Waals surface area contributed by atoms with Crippen LogP contribution in [0.3, 0.4) is 0 Å². The van der Waals surface area contributed by atoms with E-state index in [9.17, 15) is 0 Å². The Morgan fingerprint density at radius 3 is 2.88 bits per heavy atom. The third kappa shape index (κ3) is 2.46. The van der Waals surface area contributed by atoms with Crippen molar-refractivity contribution in [3.05, 3.63) is 35.4 Å². The maximum Gasteiger partial charge on any atom is 0.0111 e. The zero-order chi connectivity index (χ0) is 11.4. The summed E-state index contributed by atoms with van der Waals surface area (Å²) in [4.78, 5) is 0. The molecule has 0 fully saturated rings. The molecule has 1 aromatic carbocycles. The van der Waals surface area contributed by atoms with E-state index in [1.807, 2.05) is 0 Å². The largest absolute Gasteiger partial charge is 0.327 e. The first-order chi connectivity index (χ1) is 7.83. The molecular formula is C15H23N. The van der Waals surface area contributed by atoms with Gasteiger partial charge in [0.25, 0.3) is 0 Å². The fourth-order valence-corrected chi connectivity index (χ4v) is 2.86. The molecule has 16 heavy (non-hydrogen) atoms. The molecule has 88 valence electrons. The number of benzene rings is 1. The molecule has 0 spiro atoms. The zero-order valence-corrected chi connectivity index (χ0v) is 10.3. The number of hydrogen-bond donors (Lipinski definition) is 1. The summed E-state index contributed by atoms with van der Waals surface area (Å²) in [6.45, 7) is 2.26. The fraction of sp³-hybridized carbons (Fsp3) is 0.600. The first-order valence-electron chi connectivity index (χ1n) is 6.66. The van der Waals surface area contributed by atoms with Crippen molar-refractivity contribution in [2.24, 2.45) is 5.73 Å². The fourth-order valence-electron chi connectivity index (χ4n) is 2.86. The van der Waals surface area contributed by atoms with Crippen molar-refractivity contribution in [3.8, 4) is 0 Å². The Morgan fingerprint density at radius 2 is 2.06 bits per heavy atom. The molecule has 0 heterocycles. The SMILES string of the molecule is CCCCCC1c2ccccc2CCC1N. The Morgan fingerprint density at radius 1 is 1.25 bits per heavy atom. The van der Waals surface area contributed by atoms with Crippen LogP contribution in [0.2, 0.25) is 0 Å². The number of rotatable bonds is 4. The van der Waals surface area contributed by atoms with Crippen LogP contribution in [-0.2, 0) is 6.42 Å².